The summed E-state index contributed by atoms with van der Waals surface area (Å²) in [6.45, 7) is 5.62. The van der Waals surface area contributed by atoms with E-state index in [1.54, 1.807) is 0 Å². The number of unbranched alkanes of at least 4 members (excludes halogenated alkanes) is 1. The highest BCUT2D eigenvalue weighted by molar-refractivity contribution is 5.69. The summed E-state index contributed by atoms with van der Waals surface area (Å²) in [6.07, 6.45) is 3.47. The van der Waals surface area contributed by atoms with Gasteiger partial charge in [-0.1, -0.05) is 6.42 Å². The Balaban J connectivity index is 3.56. The molecule has 0 aromatic carbocycles. The third-order valence-electron chi connectivity index (χ3n) is 2.82. The SMILES string of the molecule is COC(=O)CCN(C)CCCCC(C)(C)C#N. The lowest BCUT2D eigenvalue weighted by Gasteiger charge is -2.18. The number of nitrogens with zero attached hydrogens (tertiary/aromatic N) is 2. The molecule has 0 bridgehead atoms. The molecule has 0 fully saturated rings. The molecular formula is C13H24N2O2. The molecule has 0 aromatic rings. The molecule has 0 N–H and O–H groups in total. The van der Waals surface area contributed by atoms with E-state index in [0.717, 1.165) is 32.4 Å². The first kappa shape index (κ1) is 15.9. The fourth-order valence-electron chi connectivity index (χ4n) is 1.50. The van der Waals surface area contributed by atoms with Crippen molar-refractivity contribution in [2.45, 2.75) is 39.5 Å². The van der Waals surface area contributed by atoms with Crippen molar-refractivity contribution in [1.82, 2.24) is 4.90 Å². The van der Waals surface area contributed by atoms with Gasteiger partial charge in [0, 0.05) is 6.54 Å². The quantitative estimate of drug-likeness (QED) is 0.482. The van der Waals surface area contributed by atoms with E-state index in [2.05, 4.69) is 15.7 Å². The fraction of sp³-hybridized carbons (Fsp3) is 0.846. The molecule has 0 amide bonds. The maximum absolute atomic E-state index is 10.9. The first-order valence-electron chi connectivity index (χ1n) is 6.08. The molecule has 4 heteroatoms. The highest BCUT2D eigenvalue weighted by atomic mass is 16.5. The summed E-state index contributed by atoms with van der Waals surface area (Å²) in [5.41, 5.74) is -0.218. The number of methoxy groups -OCH3 is 1. The number of nitriles is 1. The van der Waals surface area contributed by atoms with Gasteiger partial charge in [0.15, 0.2) is 0 Å². The summed E-state index contributed by atoms with van der Waals surface area (Å²) in [5.74, 6) is -0.164. The minimum Gasteiger partial charge on any atom is -0.469 e. The van der Waals surface area contributed by atoms with Crippen molar-refractivity contribution in [3.8, 4) is 6.07 Å². The Bertz CT molecular complexity index is 269. The first-order chi connectivity index (χ1) is 7.91. The van der Waals surface area contributed by atoms with Gasteiger partial charge in [-0.25, -0.2) is 0 Å². The van der Waals surface area contributed by atoms with Crippen LogP contribution in [0.15, 0.2) is 0 Å². The van der Waals surface area contributed by atoms with Gasteiger partial charge in [-0.3, -0.25) is 4.79 Å². The molecule has 0 unspecified atom stereocenters. The summed E-state index contributed by atoms with van der Waals surface area (Å²) < 4.78 is 4.58. The summed E-state index contributed by atoms with van der Waals surface area (Å²) in [6, 6.07) is 2.30. The van der Waals surface area contributed by atoms with Crippen molar-refractivity contribution < 1.29 is 9.53 Å². The number of ether oxygens (including phenoxy) is 1. The molecule has 0 saturated carbocycles. The largest absolute Gasteiger partial charge is 0.469 e. The van der Waals surface area contributed by atoms with E-state index in [1.807, 2.05) is 20.9 Å². The lowest BCUT2D eigenvalue weighted by atomic mass is 9.89. The van der Waals surface area contributed by atoms with Crippen molar-refractivity contribution >= 4 is 5.97 Å². The molecule has 0 aliphatic heterocycles. The van der Waals surface area contributed by atoms with Gasteiger partial charge in [-0.2, -0.15) is 5.26 Å². The first-order valence-corrected chi connectivity index (χ1v) is 6.08. The van der Waals surface area contributed by atoms with Gasteiger partial charge in [0.1, 0.15) is 0 Å². The van der Waals surface area contributed by atoms with Gasteiger partial charge >= 0.3 is 5.97 Å². The molecular weight excluding hydrogens is 216 g/mol. The van der Waals surface area contributed by atoms with Crippen LogP contribution in [0.5, 0.6) is 0 Å². The predicted molar refractivity (Wildman–Crippen MR) is 67.4 cm³/mol. The van der Waals surface area contributed by atoms with Crippen LogP contribution in [0.25, 0.3) is 0 Å². The molecule has 0 aliphatic carbocycles. The van der Waals surface area contributed by atoms with Crippen molar-refractivity contribution in [1.29, 1.82) is 5.26 Å². The number of hydrogen-bond acceptors (Lipinski definition) is 4. The van der Waals surface area contributed by atoms with E-state index in [9.17, 15) is 4.79 Å². The molecule has 0 aliphatic rings. The van der Waals surface area contributed by atoms with Crippen LogP contribution in [0.3, 0.4) is 0 Å². The van der Waals surface area contributed by atoms with Crippen LogP contribution >= 0.6 is 0 Å². The molecule has 0 spiro atoms. The molecule has 0 atom stereocenters. The predicted octanol–water partition coefficient (Wildman–Crippen LogP) is 2.20. The normalized spacial score (nSPS) is 11.3. The summed E-state index contributed by atoms with van der Waals surface area (Å²) in [4.78, 5) is 13.1. The van der Waals surface area contributed by atoms with Crippen molar-refractivity contribution in [2.24, 2.45) is 5.41 Å². The Labute approximate surface area is 105 Å². The number of carbonyl (C=O) groups excluding carboxylic acids is 1. The average molecular weight is 240 g/mol. The smallest absolute Gasteiger partial charge is 0.306 e. The Kier molecular flexibility index (Phi) is 7.56. The van der Waals surface area contributed by atoms with Crippen LogP contribution in [0.2, 0.25) is 0 Å². The zero-order valence-corrected chi connectivity index (χ0v) is 11.5. The van der Waals surface area contributed by atoms with Crippen molar-refractivity contribution in [3.63, 3.8) is 0 Å². The molecule has 0 radical (unpaired) electrons. The minimum absolute atomic E-state index is 0.164. The van der Waals surface area contributed by atoms with Crippen LogP contribution in [0.1, 0.15) is 39.5 Å². The summed E-state index contributed by atoms with van der Waals surface area (Å²) in [5, 5.41) is 8.86. The molecule has 0 saturated heterocycles. The van der Waals surface area contributed by atoms with Crippen LogP contribution in [0.4, 0.5) is 0 Å². The minimum atomic E-state index is -0.218. The molecule has 0 heterocycles. The van der Waals surface area contributed by atoms with Crippen molar-refractivity contribution in [2.75, 3.05) is 27.2 Å². The number of esters is 1. The topological polar surface area (TPSA) is 53.3 Å². The van der Waals surface area contributed by atoms with Gasteiger partial charge in [0.25, 0.3) is 0 Å². The van der Waals surface area contributed by atoms with Crippen LogP contribution in [0, 0.1) is 16.7 Å². The highest BCUT2D eigenvalue weighted by Crippen LogP contribution is 2.21. The summed E-state index contributed by atoms with van der Waals surface area (Å²) in [7, 11) is 3.41. The van der Waals surface area contributed by atoms with E-state index in [-0.39, 0.29) is 11.4 Å². The molecule has 4 nitrogen and oxygen atoms in total. The van der Waals surface area contributed by atoms with Crippen molar-refractivity contribution in [3.05, 3.63) is 0 Å². The van der Waals surface area contributed by atoms with Gasteiger partial charge in [-0.15, -0.1) is 0 Å². The van der Waals surface area contributed by atoms with Gasteiger partial charge in [0.05, 0.1) is 25.0 Å². The van der Waals surface area contributed by atoms with Crippen LogP contribution in [-0.2, 0) is 9.53 Å². The zero-order chi connectivity index (χ0) is 13.3. The molecule has 0 aromatic heterocycles. The van der Waals surface area contributed by atoms with Crippen LogP contribution < -0.4 is 0 Å². The maximum Gasteiger partial charge on any atom is 0.306 e. The van der Waals surface area contributed by atoms with Gasteiger partial charge in [0.2, 0.25) is 0 Å². The van der Waals surface area contributed by atoms with E-state index in [0.29, 0.717) is 6.42 Å². The Morgan fingerprint density at radius 3 is 2.53 bits per heavy atom. The second-order valence-electron chi connectivity index (χ2n) is 5.08. The third-order valence-corrected chi connectivity index (χ3v) is 2.82. The second-order valence-corrected chi connectivity index (χ2v) is 5.08. The fourth-order valence-corrected chi connectivity index (χ4v) is 1.50. The highest BCUT2D eigenvalue weighted by Gasteiger charge is 2.15. The molecule has 0 rings (SSSR count). The molecule has 98 valence electrons. The number of hydrogen-bond donors (Lipinski definition) is 0. The lowest BCUT2D eigenvalue weighted by molar-refractivity contribution is -0.140. The van der Waals surface area contributed by atoms with E-state index >= 15 is 0 Å². The Hall–Kier alpha value is -1.08. The zero-order valence-electron chi connectivity index (χ0n) is 11.5. The monoisotopic (exact) mass is 240 g/mol. The Morgan fingerprint density at radius 2 is 2.00 bits per heavy atom. The standard InChI is InChI=1S/C13H24N2O2/c1-13(2,11-14)8-5-6-9-15(3)10-7-12(16)17-4/h5-10H2,1-4H3. The average Bonchev–Trinajstić information content (AvgIpc) is 2.31. The summed E-state index contributed by atoms with van der Waals surface area (Å²) >= 11 is 0. The second kappa shape index (κ2) is 8.08. The van der Waals surface area contributed by atoms with E-state index in [4.69, 9.17) is 5.26 Å². The lowest BCUT2D eigenvalue weighted by Crippen LogP contribution is -2.23. The number of carbonyl (C=O) groups is 1. The number of rotatable bonds is 8. The van der Waals surface area contributed by atoms with E-state index < -0.39 is 0 Å². The molecule has 17 heavy (non-hydrogen) atoms. The van der Waals surface area contributed by atoms with Crippen LogP contribution in [-0.4, -0.2) is 38.1 Å². The third kappa shape index (κ3) is 8.70. The van der Waals surface area contributed by atoms with E-state index in [1.165, 1.54) is 7.11 Å². The maximum atomic E-state index is 10.9. The van der Waals surface area contributed by atoms with Gasteiger partial charge < -0.3 is 9.64 Å². The van der Waals surface area contributed by atoms with Gasteiger partial charge in [-0.05, 0) is 40.3 Å². The Morgan fingerprint density at radius 1 is 1.35 bits per heavy atom.